The average molecular weight is 283 g/mol. The van der Waals surface area contributed by atoms with Crippen LogP contribution >= 0.6 is 11.6 Å². The SMILES string of the molecule is COc1cc(OC)c(C(Cl)c2ccco2)c(OC)c1. The van der Waals surface area contributed by atoms with Crippen molar-refractivity contribution >= 4 is 11.6 Å². The van der Waals surface area contributed by atoms with E-state index in [0.717, 1.165) is 0 Å². The molecule has 1 heterocycles. The molecule has 19 heavy (non-hydrogen) atoms. The summed E-state index contributed by atoms with van der Waals surface area (Å²) in [4.78, 5) is 0. The second kappa shape index (κ2) is 5.89. The molecule has 2 aromatic rings. The summed E-state index contributed by atoms with van der Waals surface area (Å²) >= 11 is 6.44. The van der Waals surface area contributed by atoms with Gasteiger partial charge >= 0.3 is 0 Å². The van der Waals surface area contributed by atoms with Crippen molar-refractivity contribution < 1.29 is 18.6 Å². The van der Waals surface area contributed by atoms with Crippen LogP contribution in [0, 0.1) is 0 Å². The third kappa shape index (κ3) is 2.63. The number of halogens is 1. The van der Waals surface area contributed by atoms with Gasteiger partial charge in [-0.2, -0.15) is 0 Å². The third-order valence-electron chi connectivity index (χ3n) is 2.80. The quantitative estimate of drug-likeness (QED) is 0.785. The van der Waals surface area contributed by atoms with Gasteiger partial charge in [-0.05, 0) is 12.1 Å². The summed E-state index contributed by atoms with van der Waals surface area (Å²) < 4.78 is 21.3. The van der Waals surface area contributed by atoms with E-state index in [1.54, 1.807) is 51.9 Å². The lowest BCUT2D eigenvalue weighted by Gasteiger charge is -2.17. The summed E-state index contributed by atoms with van der Waals surface area (Å²) in [6, 6.07) is 7.11. The highest BCUT2D eigenvalue weighted by molar-refractivity contribution is 6.22. The van der Waals surface area contributed by atoms with Crippen LogP contribution in [0.15, 0.2) is 34.9 Å². The van der Waals surface area contributed by atoms with Gasteiger partial charge in [0.15, 0.2) is 0 Å². The van der Waals surface area contributed by atoms with Crippen LogP contribution in [-0.2, 0) is 0 Å². The molecule has 1 aromatic heterocycles. The highest BCUT2D eigenvalue weighted by atomic mass is 35.5. The molecule has 0 fully saturated rings. The summed E-state index contributed by atoms with van der Waals surface area (Å²) in [6.45, 7) is 0. The maximum Gasteiger partial charge on any atom is 0.131 e. The second-order valence-electron chi connectivity index (χ2n) is 3.82. The predicted molar refractivity (Wildman–Crippen MR) is 72.5 cm³/mol. The molecule has 5 heteroatoms. The molecule has 0 aliphatic carbocycles. The van der Waals surface area contributed by atoms with E-state index < -0.39 is 5.38 Å². The van der Waals surface area contributed by atoms with Crippen molar-refractivity contribution in [2.24, 2.45) is 0 Å². The van der Waals surface area contributed by atoms with Crippen molar-refractivity contribution in [3.8, 4) is 17.2 Å². The molecule has 0 saturated heterocycles. The molecule has 0 aliphatic heterocycles. The van der Waals surface area contributed by atoms with Gasteiger partial charge in [0.05, 0.1) is 33.2 Å². The van der Waals surface area contributed by atoms with Gasteiger partial charge in [-0.25, -0.2) is 0 Å². The van der Waals surface area contributed by atoms with E-state index in [-0.39, 0.29) is 0 Å². The van der Waals surface area contributed by atoms with Crippen LogP contribution in [0.25, 0.3) is 0 Å². The molecule has 0 bridgehead atoms. The van der Waals surface area contributed by atoms with E-state index >= 15 is 0 Å². The summed E-state index contributed by atoms with van der Waals surface area (Å²) in [7, 11) is 4.73. The number of furan rings is 1. The number of benzene rings is 1. The zero-order valence-corrected chi connectivity index (χ0v) is 11.7. The zero-order valence-electron chi connectivity index (χ0n) is 11.0. The van der Waals surface area contributed by atoms with E-state index in [1.165, 1.54) is 0 Å². The fourth-order valence-electron chi connectivity index (χ4n) is 1.86. The van der Waals surface area contributed by atoms with Gasteiger partial charge in [-0.15, -0.1) is 11.6 Å². The normalized spacial score (nSPS) is 12.0. The van der Waals surface area contributed by atoms with Crippen molar-refractivity contribution in [3.05, 3.63) is 41.9 Å². The predicted octanol–water partition coefficient (Wildman–Crippen LogP) is 3.63. The first-order valence-electron chi connectivity index (χ1n) is 5.68. The Kier molecular flexibility index (Phi) is 4.22. The second-order valence-corrected chi connectivity index (χ2v) is 4.26. The molecule has 1 unspecified atom stereocenters. The number of hydrogen-bond acceptors (Lipinski definition) is 4. The van der Waals surface area contributed by atoms with Crippen LogP contribution in [-0.4, -0.2) is 21.3 Å². The van der Waals surface area contributed by atoms with Crippen LogP contribution in [0.5, 0.6) is 17.2 Å². The van der Waals surface area contributed by atoms with Crippen molar-refractivity contribution in [3.63, 3.8) is 0 Å². The van der Waals surface area contributed by atoms with Gasteiger partial charge in [0.2, 0.25) is 0 Å². The number of methoxy groups -OCH3 is 3. The molecule has 1 atom stereocenters. The molecule has 0 radical (unpaired) electrons. The van der Waals surface area contributed by atoms with Crippen LogP contribution in [0.4, 0.5) is 0 Å². The molecule has 1 aromatic carbocycles. The van der Waals surface area contributed by atoms with E-state index in [1.807, 2.05) is 0 Å². The average Bonchev–Trinajstić information content (AvgIpc) is 2.99. The highest BCUT2D eigenvalue weighted by Crippen LogP contribution is 2.43. The van der Waals surface area contributed by atoms with Crippen molar-refractivity contribution in [2.75, 3.05) is 21.3 Å². The molecular weight excluding hydrogens is 268 g/mol. The summed E-state index contributed by atoms with van der Waals surface area (Å²) in [5, 5.41) is -0.495. The number of ether oxygens (including phenoxy) is 3. The van der Waals surface area contributed by atoms with Gasteiger partial charge in [-0.1, -0.05) is 0 Å². The van der Waals surface area contributed by atoms with Crippen molar-refractivity contribution in [2.45, 2.75) is 5.38 Å². The Morgan fingerprint density at radius 2 is 1.68 bits per heavy atom. The van der Waals surface area contributed by atoms with E-state index in [2.05, 4.69) is 0 Å². The van der Waals surface area contributed by atoms with Gasteiger partial charge in [0.25, 0.3) is 0 Å². The smallest absolute Gasteiger partial charge is 0.131 e. The largest absolute Gasteiger partial charge is 0.496 e. The minimum Gasteiger partial charge on any atom is -0.496 e. The van der Waals surface area contributed by atoms with Crippen LogP contribution in [0.3, 0.4) is 0 Å². The van der Waals surface area contributed by atoms with Gasteiger partial charge in [-0.3, -0.25) is 0 Å². The lowest BCUT2D eigenvalue weighted by Crippen LogP contribution is -2.01. The Morgan fingerprint density at radius 1 is 1.05 bits per heavy atom. The molecule has 0 saturated carbocycles. The molecule has 0 N–H and O–H groups in total. The Balaban J connectivity index is 2.54. The molecule has 0 amide bonds. The topological polar surface area (TPSA) is 40.8 Å². The number of rotatable bonds is 5. The zero-order chi connectivity index (χ0) is 13.8. The lowest BCUT2D eigenvalue weighted by molar-refractivity contribution is 0.367. The minimum atomic E-state index is -0.495. The van der Waals surface area contributed by atoms with Gasteiger partial charge in [0.1, 0.15) is 28.4 Å². The molecule has 0 aliphatic rings. The summed E-state index contributed by atoms with van der Waals surface area (Å²) in [5.41, 5.74) is 0.711. The Bertz CT molecular complexity index is 511. The molecular formula is C14H15ClO4. The third-order valence-corrected chi connectivity index (χ3v) is 3.23. The standard InChI is InChI=1S/C14H15ClO4/c1-16-9-7-11(17-2)13(12(8-9)18-3)14(15)10-5-4-6-19-10/h4-8,14H,1-3H3. The van der Waals surface area contributed by atoms with E-state index in [0.29, 0.717) is 28.6 Å². The van der Waals surface area contributed by atoms with Crippen LogP contribution < -0.4 is 14.2 Å². The lowest BCUT2D eigenvalue weighted by atomic mass is 10.1. The number of alkyl halides is 1. The van der Waals surface area contributed by atoms with E-state index in [4.69, 9.17) is 30.2 Å². The summed E-state index contributed by atoms with van der Waals surface area (Å²) in [6.07, 6.45) is 1.58. The van der Waals surface area contributed by atoms with Crippen molar-refractivity contribution in [1.29, 1.82) is 0 Å². The monoisotopic (exact) mass is 282 g/mol. The number of hydrogen-bond donors (Lipinski definition) is 0. The first kappa shape index (κ1) is 13.6. The van der Waals surface area contributed by atoms with Crippen LogP contribution in [0.1, 0.15) is 16.7 Å². The Morgan fingerprint density at radius 3 is 2.11 bits per heavy atom. The first-order valence-corrected chi connectivity index (χ1v) is 6.12. The van der Waals surface area contributed by atoms with Gasteiger partial charge < -0.3 is 18.6 Å². The van der Waals surface area contributed by atoms with Gasteiger partial charge in [0, 0.05) is 12.1 Å². The van der Waals surface area contributed by atoms with Crippen LogP contribution in [0.2, 0.25) is 0 Å². The fourth-order valence-corrected chi connectivity index (χ4v) is 2.20. The first-order chi connectivity index (χ1) is 9.21. The highest BCUT2D eigenvalue weighted by Gasteiger charge is 2.24. The fraction of sp³-hybridized carbons (Fsp3) is 0.286. The Labute approximate surface area is 116 Å². The van der Waals surface area contributed by atoms with E-state index in [9.17, 15) is 0 Å². The molecule has 102 valence electrons. The maximum absolute atomic E-state index is 6.44. The van der Waals surface area contributed by atoms with Crippen molar-refractivity contribution in [1.82, 2.24) is 0 Å². The minimum absolute atomic E-state index is 0.495. The maximum atomic E-state index is 6.44. The Hall–Kier alpha value is -1.81. The molecule has 4 nitrogen and oxygen atoms in total. The molecule has 2 rings (SSSR count). The molecule has 0 spiro atoms. The summed E-state index contributed by atoms with van der Waals surface area (Å²) in [5.74, 6) is 2.45.